The highest BCUT2D eigenvalue weighted by molar-refractivity contribution is 9.09. The average molecular weight is 271 g/mol. The van der Waals surface area contributed by atoms with Crippen LogP contribution < -0.4 is 0 Å². The fourth-order valence-electron chi connectivity index (χ4n) is 1.33. The highest BCUT2D eigenvalue weighted by atomic mass is 79.9. The Kier molecular flexibility index (Phi) is 2.86. The van der Waals surface area contributed by atoms with Crippen molar-refractivity contribution >= 4 is 15.9 Å². The maximum Gasteiger partial charge on any atom is 0.158 e. The SMILES string of the molecule is Cc1cc(Cn2nncc2C(C)Br)on1. The molecule has 0 amide bonds. The van der Waals surface area contributed by atoms with E-state index in [0.717, 1.165) is 17.1 Å². The van der Waals surface area contributed by atoms with E-state index in [2.05, 4.69) is 31.4 Å². The molecule has 0 radical (unpaired) electrons. The summed E-state index contributed by atoms with van der Waals surface area (Å²) in [5.41, 5.74) is 1.89. The number of nitrogens with zero attached hydrogens (tertiary/aromatic N) is 4. The fourth-order valence-corrected chi connectivity index (χ4v) is 1.69. The van der Waals surface area contributed by atoms with Crippen LogP contribution in [0.15, 0.2) is 16.8 Å². The smallest absolute Gasteiger partial charge is 0.158 e. The minimum atomic E-state index is 0.219. The molecule has 0 bridgehead atoms. The molecular formula is C9H11BrN4O. The van der Waals surface area contributed by atoms with E-state index < -0.39 is 0 Å². The molecule has 15 heavy (non-hydrogen) atoms. The molecule has 0 aromatic carbocycles. The predicted molar refractivity (Wildman–Crippen MR) is 57.7 cm³/mol. The first kappa shape index (κ1) is 10.4. The zero-order chi connectivity index (χ0) is 10.8. The van der Waals surface area contributed by atoms with Crippen LogP contribution >= 0.6 is 15.9 Å². The molecule has 0 aliphatic rings. The topological polar surface area (TPSA) is 56.7 Å². The molecule has 0 spiro atoms. The minimum absolute atomic E-state index is 0.219. The van der Waals surface area contributed by atoms with E-state index in [-0.39, 0.29) is 4.83 Å². The van der Waals surface area contributed by atoms with E-state index in [9.17, 15) is 0 Å². The first-order valence-corrected chi connectivity index (χ1v) is 5.53. The molecule has 6 heteroatoms. The van der Waals surface area contributed by atoms with Gasteiger partial charge < -0.3 is 4.52 Å². The van der Waals surface area contributed by atoms with Gasteiger partial charge in [0, 0.05) is 6.07 Å². The van der Waals surface area contributed by atoms with Crippen molar-refractivity contribution in [2.24, 2.45) is 0 Å². The molecule has 1 unspecified atom stereocenters. The van der Waals surface area contributed by atoms with Gasteiger partial charge in [-0.3, -0.25) is 0 Å². The highest BCUT2D eigenvalue weighted by Crippen LogP contribution is 2.20. The lowest BCUT2D eigenvalue weighted by Crippen LogP contribution is -2.06. The van der Waals surface area contributed by atoms with E-state index in [1.165, 1.54) is 0 Å². The summed E-state index contributed by atoms with van der Waals surface area (Å²) in [5, 5.41) is 11.7. The third kappa shape index (κ3) is 2.26. The molecule has 5 nitrogen and oxygen atoms in total. The Balaban J connectivity index is 2.20. The largest absolute Gasteiger partial charge is 0.359 e. The Morgan fingerprint density at radius 3 is 3.00 bits per heavy atom. The number of hydrogen-bond donors (Lipinski definition) is 0. The second kappa shape index (κ2) is 4.14. The van der Waals surface area contributed by atoms with Crippen LogP contribution in [-0.2, 0) is 6.54 Å². The lowest BCUT2D eigenvalue weighted by molar-refractivity contribution is 0.365. The van der Waals surface area contributed by atoms with Gasteiger partial charge in [0.2, 0.25) is 0 Å². The van der Waals surface area contributed by atoms with Crippen molar-refractivity contribution < 1.29 is 4.52 Å². The molecule has 2 heterocycles. The molecule has 80 valence electrons. The second-order valence-electron chi connectivity index (χ2n) is 3.37. The summed E-state index contributed by atoms with van der Waals surface area (Å²) in [6.45, 7) is 4.48. The van der Waals surface area contributed by atoms with Crippen molar-refractivity contribution in [3.05, 3.63) is 29.4 Å². The lowest BCUT2D eigenvalue weighted by Gasteiger charge is -2.04. The lowest BCUT2D eigenvalue weighted by atomic mass is 10.3. The molecule has 0 aliphatic carbocycles. The maximum atomic E-state index is 5.12. The molecule has 0 fully saturated rings. The monoisotopic (exact) mass is 270 g/mol. The van der Waals surface area contributed by atoms with E-state index in [1.807, 2.05) is 19.9 Å². The summed E-state index contributed by atoms with van der Waals surface area (Å²) >= 11 is 3.48. The van der Waals surface area contributed by atoms with Crippen LogP contribution in [0.3, 0.4) is 0 Å². The van der Waals surface area contributed by atoms with Crippen molar-refractivity contribution in [2.45, 2.75) is 25.2 Å². The van der Waals surface area contributed by atoms with E-state index in [4.69, 9.17) is 4.52 Å². The van der Waals surface area contributed by atoms with E-state index >= 15 is 0 Å². The van der Waals surface area contributed by atoms with Gasteiger partial charge in [0.15, 0.2) is 5.76 Å². The summed E-state index contributed by atoms with van der Waals surface area (Å²) in [6, 6.07) is 1.89. The molecule has 0 saturated heterocycles. The fraction of sp³-hybridized carbons (Fsp3) is 0.444. The molecule has 0 N–H and O–H groups in total. The van der Waals surface area contributed by atoms with E-state index in [1.54, 1.807) is 10.9 Å². The third-order valence-corrected chi connectivity index (χ3v) is 2.51. The van der Waals surface area contributed by atoms with Crippen LogP contribution in [0.4, 0.5) is 0 Å². The Morgan fingerprint density at radius 1 is 1.60 bits per heavy atom. The van der Waals surface area contributed by atoms with Gasteiger partial charge >= 0.3 is 0 Å². The Bertz CT molecular complexity index is 448. The highest BCUT2D eigenvalue weighted by Gasteiger charge is 2.11. The van der Waals surface area contributed by atoms with Gasteiger partial charge in [0.25, 0.3) is 0 Å². The van der Waals surface area contributed by atoms with Gasteiger partial charge in [0.05, 0.1) is 22.4 Å². The average Bonchev–Trinajstić information content (AvgIpc) is 2.75. The molecule has 2 aromatic heterocycles. The first-order valence-electron chi connectivity index (χ1n) is 4.61. The molecule has 2 aromatic rings. The maximum absolute atomic E-state index is 5.12. The summed E-state index contributed by atoms with van der Waals surface area (Å²) in [6.07, 6.45) is 1.74. The normalized spacial score (nSPS) is 13.0. The number of halogens is 1. The molecule has 1 atom stereocenters. The number of hydrogen-bond acceptors (Lipinski definition) is 4. The van der Waals surface area contributed by atoms with Crippen molar-refractivity contribution in [2.75, 3.05) is 0 Å². The van der Waals surface area contributed by atoms with Crippen LogP contribution in [0.1, 0.15) is 28.9 Å². The van der Waals surface area contributed by atoms with Gasteiger partial charge in [-0.15, -0.1) is 5.10 Å². The zero-order valence-electron chi connectivity index (χ0n) is 8.51. The van der Waals surface area contributed by atoms with Crippen molar-refractivity contribution in [3.63, 3.8) is 0 Å². The van der Waals surface area contributed by atoms with Crippen molar-refractivity contribution in [1.29, 1.82) is 0 Å². The van der Waals surface area contributed by atoms with Crippen LogP contribution in [0, 0.1) is 6.92 Å². The van der Waals surface area contributed by atoms with Gasteiger partial charge in [-0.05, 0) is 13.8 Å². The number of aromatic nitrogens is 4. The molecular weight excluding hydrogens is 260 g/mol. The molecule has 0 saturated carbocycles. The van der Waals surface area contributed by atoms with Crippen LogP contribution in [-0.4, -0.2) is 20.2 Å². The van der Waals surface area contributed by atoms with Crippen molar-refractivity contribution in [3.8, 4) is 0 Å². The Morgan fingerprint density at radius 2 is 2.40 bits per heavy atom. The quantitative estimate of drug-likeness (QED) is 0.802. The van der Waals surface area contributed by atoms with Gasteiger partial charge in [-0.1, -0.05) is 26.3 Å². The molecule has 0 aliphatic heterocycles. The summed E-state index contributed by atoms with van der Waals surface area (Å²) in [7, 11) is 0. The van der Waals surface area contributed by atoms with Gasteiger partial charge in [-0.2, -0.15) is 0 Å². The van der Waals surface area contributed by atoms with E-state index in [0.29, 0.717) is 6.54 Å². The Labute approximate surface area is 95.6 Å². The van der Waals surface area contributed by atoms with Gasteiger partial charge in [-0.25, -0.2) is 4.68 Å². The molecule has 2 rings (SSSR count). The minimum Gasteiger partial charge on any atom is -0.359 e. The number of aryl methyl sites for hydroxylation is 1. The standard InChI is InChI=1S/C9H11BrN4O/c1-6-3-8(15-12-6)5-14-9(7(2)10)4-11-13-14/h3-4,7H,5H2,1-2H3. The number of alkyl halides is 1. The summed E-state index contributed by atoms with van der Waals surface area (Å²) in [4.78, 5) is 0.219. The summed E-state index contributed by atoms with van der Waals surface area (Å²) < 4.78 is 6.91. The van der Waals surface area contributed by atoms with Crippen LogP contribution in [0.2, 0.25) is 0 Å². The predicted octanol–water partition coefficient (Wildman–Crippen LogP) is 2.08. The second-order valence-corrected chi connectivity index (χ2v) is 4.74. The van der Waals surface area contributed by atoms with Crippen molar-refractivity contribution in [1.82, 2.24) is 20.2 Å². The van der Waals surface area contributed by atoms with Crippen LogP contribution in [0.5, 0.6) is 0 Å². The number of rotatable bonds is 3. The van der Waals surface area contributed by atoms with Gasteiger partial charge in [0.1, 0.15) is 6.54 Å². The first-order chi connectivity index (χ1) is 7.16. The summed E-state index contributed by atoms with van der Waals surface area (Å²) in [5.74, 6) is 0.785. The zero-order valence-corrected chi connectivity index (χ0v) is 10.1. The van der Waals surface area contributed by atoms with Crippen LogP contribution in [0.25, 0.3) is 0 Å². The Hall–Kier alpha value is -1.17. The third-order valence-electron chi connectivity index (χ3n) is 2.04.